The molecule has 1 heterocycles. The number of anilines is 1. The van der Waals surface area contributed by atoms with Gasteiger partial charge in [0.05, 0.1) is 5.69 Å². The number of rotatable bonds is 0. The van der Waals surface area contributed by atoms with Crippen LogP contribution >= 0.6 is 0 Å². The minimum Gasteiger partial charge on any atom is -0.508 e. The zero-order valence-electron chi connectivity index (χ0n) is 12.5. The maximum Gasteiger partial charge on any atom is 0.414 e. The number of hydrogen-bond acceptors (Lipinski definition) is 3. The molecule has 1 aromatic rings. The summed E-state index contributed by atoms with van der Waals surface area (Å²) in [5.74, 6) is -0.705. The van der Waals surface area contributed by atoms with Gasteiger partial charge in [0.2, 0.25) is 0 Å². The quantitative estimate of drug-likeness (QED) is 0.791. The van der Waals surface area contributed by atoms with Crippen molar-refractivity contribution in [3.05, 3.63) is 23.5 Å². The van der Waals surface area contributed by atoms with Crippen molar-refractivity contribution in [3.63, 3.8) is 0 Å². The van der Waals surface area contributed by atoms with Gasteiger partial charge in [-0.05, 0) is 20.8 Å². The lowest BCUT2D eigenvalue weighted by molar-refractivity contribution is 0.0579. The lowest BCUT2D eigenvalue weighted by Gasteiger charge is -2.25. The van der Waals surface area contributed by atoms with Crippen molar-refractivity contribution in [1.29, 1.82) is 0 Å². The monoisotopic (exact) mass is 281 g/mol. The minimum absolute atomic E-state index is 0.201. The highest BCUT2D eigenvalue weighted by Crippen LogP contribution is 2.44. The van der Waals surface area contributed by atoms with Gasteiger partial charge in [0.1, 0.15) is 17.2 Å². The van der Waals surface area contributed by atoms with Crippen LogP contribution in [0.25, 0.3) is 0 Å². The predicted octanol–water partition coefficient (Wildman–Crippen LogP) is 3.56. The third-order valence-electron chi connectivity index (χ3n) is 3.19. The Morgan fingerprint density at radius 2 is 2.00 bits per heavy atom. The lowest BCUT2D eigenvalue weighted by atomic mass is 9.86. The van der Waals surface area contributed by atoms with Gasteiger partial charge in [-0.25, -0.2) is 9.18 Å². The Bertz CT molecular complexity index is 561. The van der Waals surface area contributed by atoms with Crippen LogP contribution in [0.3, 0.4) is 0 Å². The van der Waals surface area contributed by atoms with Crippen LogP contribution in [-0.2, 0) is 10.2 Å². The van der Waals surface area contributed by atoms with Crippen LogP contribution in [-0.4, -0.2) is 23.3 Å². The van der Waals surface area contributed by atoms with Crippen LogP contribution in [0.15, 0.2) is 12.1 Å². The molecule has 1 N–H and O–H groups in total. The molecule has 0 aromatic heterocycles. The number of nitrogens with zero attached hydrogens (tertiary/aromatic N) is 1. The van der Waals surface area contributed by atoms with E-state index >= 15 is 0 Å². The molecular weight excluding hydrogens is 261 g/mol. The number of aromatic hydroxyl groups is 1. The summed E-state index contributed by atoms with van der Waals surface area (Å²) < 4.78 is 19.4. The molecule has 0 radical (unpaired) electrons. The van der Waals surface area contributed by atoms with E-state index < -0.39 is 22.9 Å². The molecule has 0 fully saturated rings. The van der Waals surface area contributed by atoms with Crippen molar-refractivity contribution < 1.29 is 19.0 Å². The maximum atomic E-state index is 14.1. The van der Waals surface area contributed by atoms with E-state index in [0.717, 1.165) is 6.07 Å². The van der Waals surface area contributed by atoms with Crippen LogP contribution in [0, 0.1) is 5.82 Å². The molecule has 1 aliphatic heterocycles. The van der Waals surface area contributed by atoms with Crippen LogP contribution in [0.4, 0.5) is 14.9 Å². The van der Waals surface area contributed by atoms with Crippen molar-refractivity contribution >= 4 is 11.8 Å². The number of hydrogen-bond donors (Lipinski definition) is 1. The summed E-state index contributed by atoms with van der Waals surface area (Å²) in [4.78, 5) is 13.6. The second-order valence-electron chi connectivity index (χ2n) is 6.77. The molecule has 0 aliphatic carbocycles. The van der Waals surface area contributed by atoms with E-state index in [1.165, 1.54) is 11.0 Å². The first-order valence-corrected chi connectivity index (χ1v) is 6.55. The zero-order chi connectivity index (χ0) is 15.3. The molecule has 4 nitrogen and oxygen atoms in total. The number of amides is 1. The number of ether oxygens (including phenoxy) is 1. The number of phenols is 1. The van der Waals surface area contributed by atoms with Crippen LogP contribution < -0.4 is 4.90 Å². The highest BCUT2D eigenvalue weighted by atomic mass is 19.1. The first kappa shape index (κ1) is 14.6. The molecule has 20 heavy (non-hydrogen) atoms. The number of phenolic OH excluding ortho intramolecular Hbond substituents is 1. The van der Waals surface area contributed by atoms with E-state index in [4.69, 9.17) is 4.74 Å². The largest absolute Gasteiger partial charge is 0.508 e. The Morgan fingerprint density at radius 3 is 2.55 bits per heavy atom. The Kier molecular flexibility index (Phi) is 3.19. The number of carbonyl (C=O) groups is 1. The molecule has 1 aliphatic rings. The smallest absolute Gasteiger partial charge is 0.414 e. The Balaban J connectivity index is 2.45. The summed E-state index contributed by atoms with van der Waals surface area (Å²) in [5.41, 5.74) is -0.341. The summed E-state index contributed by atoms with van der Waals surface area (Å²) >= 11 is 0. The fourth-order valence-corrected chi connectivity index (χ4v) is 2.50. The standard InChI is InChI=1S/C15H20FNO3/c1-14(2,3)20-13(19)17-8-15(4,5)12-10(16)6-9(18)7-11(12)17/h6-7,18H,8H2,1-5H3. The van der Waals surface area contributed by atoms with E-state index in [1.807, 2.05) is 13.8 Å². The fourth-order valence-electron chi connectivity index (χ4n) is 2.50. The van der Waals surface area contributed by atoms with E-state index in [0.29, 0.717) is 17.8 Å². The third-order valence-corrected chi connectivity index (χ3v) is 3.19. The van der Waals surface area contributed by atoms with Gasteiger partial charge in [0.15, 0.2) is 0 Å². The SMILES string of the molecule is CC(C)(C)OC(=O)N1CC(C)(C)c2c(F)cc(O)cc21. The summed E-state index contributed by atoms with van der Waals surface area (Å²) in [7, 11) is 0. The highest BCUT2D eigenvalue weighted by molar-refractivity contribution is 5.92. The topological polar surface area (TPSA) is 49.8 Å². The number of halogens is 1. The zero-order valence-corrected chi connectivity index (χ0v) is 12.5. The molecular formula is C15H20FNO3. The molecule has 2 rings (SSSR count). The fraction of sp³-hybridized carbons (Fsp3) is 0.533. The molecule has 0 saturated heterocycles. The normalized spacial score (nSPS) is 17.0. The molecule has 5 heteroatoms. The van der Waals surface area contributed by atoms with E-state index in [9.17, 15) is 14.3 Å². The van der Waals surface area contributed by atoms with Gasteiger partial charge < -0.3 is 9.84 Å². The summed E-state index contributed by atoms with van der Waals surface area (Å²) in [6.07, 6.45) is -0.533. The van der Waals surface area contributed by atoms with E-state index in [-0.39, 0.29) is 5.75 Å². The molecule has 110 valence electrons. The molecule has 0 atom stereocenters. The van der Waals surface area contributed by atoms with E-state index in [2.05, 4.69) is 0 Å². The number of fused-ring (bicyclic) bond motifs is 1. The van der Waals surface area contributed by atoms with Gasteiger partial charge in [-0.15, -0.1) is 0 Å². The van der Waals surface area contributed by atoms with Gasteiger partial charge in [-0.3, -0.25) is 4.90 Å². The van der Waals surface area contributed by atoms with Crippen molar-refractivity contribution in [2.75, 3.05) is 11.4 Å². The summed E-state index contributed by atoms with van der Waals surface area (Å²) in [6.45, 7) is 9.35. The summed E-state index contributed by atoms with van der Waals surface area (Å²) in [6, 6.07) is 2.47. The first-order valence-electron chi connectivity index (χ1n) is 6.55. The van der Waals surface area contributed by atoms with Crippen molar-refractivity contribution in [2.24, 2.45) is 0 Å². The molecule has 0 unspecified atom stereocenters. The molecule has 1 amide bonds. The van der Waals surface area contributed by atoms with Crippen LogP contribution in [0.5, 0.6) is 5.75 Å². The molecule has 0 saturated carbocycles. The van der Waals surface area contributed by atoms with Gasteiger partial charge in [0.25, 0.3) is 0 Å². The number of carbonyl (C=O) groups excluding carboxylic acids is 1. The predicted molar refractivity (Wildman–Crippen MR) is 74.7 cm³/mol. The van der Waals surface area contributed by atoms with Gasteiger partial charge >= 0.3 is 6.09 Å². The van der Waals surface area contributed by atoms with Crippen molar-refractivity contribution in [1.82, 2.24) is 0 Å². The Morgan fingerprint density at radius 1 is 1.40 bits per heavy atom. The Labute approximate surface area is 118 Å². The second kappa shape index (κ2) is 4.36. The third kappa shape index (κ3) is 2.57. The van der Waals surface area contributed by atoms with Gasteiger partial charge in [-0.2, -0.15) is 0 Å². The van der Waals surface area contributed by atoms with Crippen LogP contribution in [0.2, 0.25) is 0 Å². The minimum atomic E-state index is -0.626. The average molecular weight is 281 g/mol. The Hall–Kier alpha value is -1.78. The van der Waals surface area contributed by atoms with Gasteiger partial charge in [-0.1, -0.05) is 13.8 Å². The second-order valence-corrected chi connectivity index (χ2v) is 6.77. The maximum absolute atomic E-state index is 14.1. The van der Waals surface area contributed by atoms with E-state index in [1.54, 1.807) is 20.8 Å². The molecule has 1 aromatic carbocycles. The molecule has 0 bridgehead atoms. The average Bonchev–Trinajstić information content (AvgIpc) is 2.47. The molecule has 0 spiro atoms. The van der Waals surface area contributed by atoms with Crippen molar-refractivity contribution in [2.45, 2.75) is 45.6 Å². The highest BCUT2D eigenvalue weighted by Gasteiger charge is 2.42. The van der Waals surface area contributed by atoms with Crippen LogP contribution in [0.1, 0.15) is 40.2 Å². The van der Waals surface area contributed by atoms with Gasteiger partial charge in [0, 0.05) is 29.7 Å². The van der Waals surface area contributed by atoms with Crippen molar-refractivity contribution in [3.8, 4) is 5.75 Å². The first-order chi connectivity index (χ1) is 9.01. The number of benzene rings is 1. The lowest BCUT2D eigenvalue weighted by Crippen LogP contribution is -2.38. The summed E-state index contributed by atoms with van der Waals surface area (Å²) in [5, 5.41) is 9.56.